The third-order valence-electron chi connectivity index (χ3n) is 7.71. The second kappa shape index (κ2) is 9.94. The number of aromatic hydroxyl groups is 1. The average molecular weight is 559 g/mol. The summed E-state index contributed by atoms with van der Waals surface area (Å²) in [5.41, 5.74) is 0.277. The molecule has 4 bridgehead atoms. The molecule has 39 heavy (non-hydrogen) atoms. The normalized spacial score (nSPS) is 23.7. The number of ether oxygens (including phenoxy) is 1. The van der Waals surface area contributed by atoms with Crippen LogP contribution in [0.15, 0.2) is 23.0 Å². The molecule has 3 aliphatic rings. The fourth-order valence-electron chi connectivity index (χ4n) is 5.73. The lowest BCUT2D eigenvalue weighted by atomic mass is 10.2. The Morgan fingerprint density at radius 3 is 2.79 bits per heavy atom. The predicted octanol–water partition coefficient (Wildman–Crippen LogP) is 2.39. The summed E-state index contributed by atoms with van der Waals surface area (Å²) in [7, 11) is 0. The molecule has 1 N–H and O–H groups in total. The Morgan fingerprint density at radius 2 is 2.00 bits per heavy atom. The van der Waals surface area contributed by atoms with Crippen LogP contribution in [0.2, 0.25) is 0 Å². The molecular formula is C26H31FN6O5S. The fourth-order valence-corrected chi connectivity index (χ4v) is 7.04. The number of nitrogens with zero attached hydrogens (tertiary/aromatic N) is 6. The van der Waals surface area contributed by atoms with Gasteiger partial charge in [-0.25, -0.2) is 17.6 Å². The van der Waals surface area contributed by atoms with Gasteiger partial charge < -0.3 is 19.3 Å². The van der Waals surface area contributed by atoms with Gasteiger partial charge in [0.1, 0.15) is 22.5 Å². The zero-order chi connectivity index (χ0) is 27.4. The molecule has 6 rings (SSSR count). The van der Waals surface area contributed by atoms with Crippen LogP contribution in [0.25, 0.3) is 10.9 Å². The van der Waals surface area contributed by atoms with Gasteiger partial charge in [-0.2, -0.15) is 0 Å². The monoisotopic (exact) mass is 558 g/mol. The van der Waals surface area contributed by atoms with Crippen LogP contribution in [-0.2, 0) is 17.7 Å². The Kier molecular flexibility index (Phi) is 6.58. The number of amides is 1. The summed E-state index contributed by atoms with van der Waals surface area (Å²) in [6, 6.07) is 3.88. The second-order valence-corrected chi connectivity index (χ2v) is 11.6. The van der Waals surface area contributed by atoms with Crippen LogP contribution in [0, 0.1) is 5.82 Å². The fraction of sp³-hybridized carbons (Fsp3) is 0.500. The summed E-state index contributed by atoms with van der Waals surface area (Å²) in [5.74, 6) is -0.659. The van der Waals surface area contributed by atoms with Crippen molar-refractivity contribution in [2.75, 3.05) is 43.6 Å². The summed E-state index contributed by atoms with van der Waals surface area (Å²) >= 11 is -1.56. The number of carbonyl (C=O) groups excluding carboxylic acids is 1. The van der Waals surface area contributed by atoms with Gasteiger partial charge in [-0.3, -0.25) is 13.9 Å². The molecule has 0 radical (unpaired) electrons. The Bertz CT molecular complexity index is 1550. The van der Waals surface area contributed by atoms with E-state index in [2.05, 4.69) is 5.10 Å². The van der Waals surface area contributed by atoms with Crippen molar-refractivity contribution in [3.63, 3.8) is 0 Å². The number of likely N-dealkylation sites (N-methyl/N-ethyl adjacent to an activating group) is 1. The van der Waals surface area contributed by atoms with Crippen molar-refractivity contribution in [2.24, 2.45) is 0 Å². The van der Waals surface area contributed by atoms with Gasteiger partial charge in [0.25, 0.3) is 11.5 Å². The average Bonchev–Trinajstić information content (AvgIpc) is 3.43. The smallest absolute Gasteiger partial charge is 0.280 e. The minimum Gasteiger partial charge on any atom is -0.505 e. The van der Waals surface area contributed by atoms with Crippen molar-refractivity contribution in [1.29, 1.82) is 0 Å². The number of halogens is 1. The highest BCUT2D eigenvalue weighted by Crippen LogP contribution is 2.41. The van der Waals surface area contributed by atoms with Gasteiger partial charge in [-0.05, 0) is 39.2 Å². The van der Waals surface area contributed by atoms with Gasteiger partial charge >= 0.3 is 0 Å². The summed E-state index contributed by atoms with van der Waals surface area (Å²) < 4.78 is 40.0. The number of hydrogen-bond acceptors (Lipinski definition) is 6. The molecule has 0 saturated carbocycles. The third-order valence-corrected chi connectivity index (χ3v) is 9.25. The summed E-state index contributed by atoms with van der Waals surface area (Å²) in [6.45, 7) is 6.50. The Morgan fingerprint density at radius 1 is 1.18 bits per heavy atom. The summed E-state index contributed by atoms with van der Waals surface area (Å²) in [4.78, 5) is 28.9. The molecular weight excluding hydrogens is 527 g/mol. The van der Waals surface area contributed by atoms with E-state index in [9.17, 15) is 23.3 Å². The van der Waals surface area contributed by atoms with E-state index < -0.39 is 28.3 Å². The Labute approximate surface area is 227 Å². The largest absolute Gasteiger partial charge is 0.505 e. The van der Waals surface area contributed by atoms with E-state index in [-0.39, 0.29) is 35.4 Å². The second-order valence-electron chi connectivity index (χ2n) is 10.2. The molecule has 13 heteroatoms. The molecule has 1 fully saturated rings. The van der Waals surface area contributed by atoms with E-state index >= 15 is 0 Å². The highest BCUT2D eigenvalue weighted by molar-refractivity contribution is 7.84. The quantitative estimate of drug-likeness (QED) is 0.491. The van der Waals surface area contributed by atoms with Crippen molar-refractivity contribution in [3.05, 3.63) is 45.6 Å². The van der Waals surface area contributed by atoms with Gasteiger partial charge in [0.05, 0.1) is 13.2 Å². The standard InChI is InChI=1S/C26H31FN6O5S/c1-3-29-14-16(2)33-21-20(23(34)22(33)26(29)36)25(35)31-15-17-7-8-18(27)13-19(17)38-12-6-4-5-9-30-10-11-32(39(30)37)24(21)28-31/h7-8,13,16,34H,3-6,9-12,14-15H2,1-2H3/t16-,39?/m0/s1. The summed E-state index contributed by atoms with van der Waals surface area (Å²) in [6.07, 6.45) is 2.40. The maximum absolute atomic E-state index is 14.1. The maximum Gasteiger partial charge on any atom is 0.280 e. The Balaban J connectivity index is 1.62. The molecule has 1 amide bonds. The van der Waals surface area contributed by atoms with Crippen LogP contribution in [-0.4, -0.2) is 78.1 Å². The van der Waals surface area contributed by atoms with Gasteiger partial charge in [0.15, 0.2) is 28.4 Å². The predicted molar refractivity (Wildman–Crippen MR) is 144 cm³/mol. The van der Waals surface area contributed by atoms with Crippen LogP contribution >= 0.6 is 0 Å². The van der Waals surface area contributed by atoms with Crippen molar-refractivity contribution in [3.8, 4) is 11.5 Å². The number of fused-ring (bicyclic) bond motifs is 10. The number of benzene rings is 1. The number of carbonyl (C=O) groups is 1. The topological polar surface area (TPSA) is 113 Å². The van der Waals surface area contributed by atoms with E-state index in [1.165, 1.54) is 16.8 Å². The first kappa shape index (κ1) is 25.8. The zero-order valence-electron chi connectivity index (χ0n) is 21.9. The van der Waals surface area contributed by atoms with Gasteiger partial charge in [0, 0.05) is 50.4 Å². The maximum atomic E-state index is 14.1. The highest BCUT2D eigenvalue weighted by Gasteiger charge is 2.40. The number of aromatic nitrogens is 3. The van der Waals surface area contributed by atoms with E-state index in [0.717, 1.165) is 19.3 Å². The first-order valence-electron chi connectivity index (χ1n) is 13.3. The molecule has 0 spiro atoms. The van der Waals surface area contributed by atoms with Crippen molar-refractivity contribution in [2.45, 2.75) is 45.7 Å². The lowest BCUT2D eigenvalue weighted by molar-refractivity contribution is 0.0686. The number of hydrogen-bond donors (Lipinski definition) is 1. The lowest BCUT2D eigenvalue weighted by Gasteiger charge is -2.33. The minimum absolute atomic E-state index is 0.0329. The lowest BCUT2D eigenvalue weighted by Crippen LogP contribution is -2.42. The Hall–Kier alpha value is -3.45. The molecule has 11 nitrogen and oxygen atoms in total. The highest BCUT2D eigenvalue weighted by atomic mass is 32.2. The van der Waals surface area contributed by atoms with E-state index in [0.29, 0.717) is 56.2 Å². The summed E-state index contributed by atoms with van der Waals surface area (Å²) in [5, 5.41) is 16.0. The van der Waals surface area contributed by atoms with Gasteiger partial charge in [-0.1, -0.05) is 6.07 Å². The minimum atomic E-state index is -1.56. The van der Waals surface area contributed by atoms with Crippen LogP contribution < -0.4 is 14.6 Å². The van der Waals surface area contributed by atoms with Crippen LogP contribution in [0.1, 0.15) is 55.2 Å². The SMILES string of the molecule is CCN1C[C@H](C)n2c(c(O)c3c(=O)n4nc(c32)N2CCN(CCCCCOc3cc(F)ccc3C4)S2=O)C1=O. The van der Waals surface area contributed by atoms with Gasteiger partial charge in [0.2, 0.25) is 0 Å². The molecule has 0 aliphatic carbocycles. The molecule has 1 saturated heterocycles. The van der Waals surface area contributed by atoms with Crippen molar-refractivity contribution in [1.82, 2.24) is 23.6 Å². The molecule has 3 aliphatic heterocycles. The molecule has 208 valence electrons. The van der Waals surface area contributed by atoms with Crippen LogP contribution in [0.5, 0.6) is 11.5 Å². The first-order valence-corrected chi connectivity index (χ1v) is 14.4. The molecule has 3 atom stereocenters. The number of anilines is 1. The van der Waals surface area contributed by atoms with Gasteiger partial charge in [-0.15, -0.1) is 5.10 Å². The molecule has 2 aromatic heterocycles. The first-order chi connectivity index (χ1) is 18.8. The van der Waals surface area contributed by atoms with E-state index in [4.69, 9.17) is 4.74 Å². The molecule has 3 aromatic rings. The molecule has 1 aromatic carbocycles. The van der Waals surface area contributed by atoms with Crippen molar-refractivity contribution < 1.29 is 23.2 Å². The van der Waals surface area contributed by atoms with Crippen LogP contribution in [0.3, 0.4) is 0 Å². The zero-order valence-corrected chi connectivity index (χ0v) is 22.7. The van der Waals surface area contributed by atoms with Crippen LogP contribution in [0.4, 0.5) is 10.2 Å². The van der Waals surface area contributed by atoms with E-state index in [1.807, 2.05) is 18.2 Å². The molecule has 5 heterocycles. The van der Waals surface area contributed by atoms with E-state index in [1.54, 1.807) is 19.8 Å². The molecule has 2 unspecified atom stereocenters. The number of rotatable bonds is 1. The van der Waals surface area contributed by atoms with Crippen molar-refractivity contribution >= 4 is 33.8 Å². The third kappa shape index (κ3) is 4.18.